The molecule has 0 N–H and O–H groups in total. The van der Waals surface area contributed by atoms with Gasteiger partial charge in [-0.1, -0.05) is 138 Å². The molecule has 8 bridgehead atoms. The van der Waals surface area contributed by atoms with Crippen molar-refractivity contribution in [2.75, 3.05) is 52.9 Å². The van der Waals surface area contributed by atoms with E-state index in [1.807, 2.05) is 66.7 Å². The minimum Gasteiger partial charge on any atom is -0.657 e. The molecule has 13 heteroatoms. The van der Waals surface area contributed by atoms with Crippen LogP contribution in [0.3, 0.4) is 0 Å². The average molecular weight is 1140 g/mol. The van der Waals surface area contributed by atoms with E-state index in [1.54, 1.807) is 12.4 Å². The van der Waals surface area contributed by atoms with Crippen molar-refractivity contribution in [1.82, 2.24) is 34.9 Å². The third-order valence-electron chi connectivity index (χ3n) is 14.1. The van der Waals surface area contributed by atoms with Gasteiger partial charge in [0, 0.05) is 24.5 Å². The summed E-state index contributed by atoms with van der Waals surface area (Å²) in [7, 11) is 0. The molecule has 83 heavy (non-hydrogen) atoms. The maximum atomic E-state index is 6.34. The zero-order valence-electron chi connectivity index (χ0n) is 46.7. The fourth-order valence-electron chi connectivity index (χ4n) is 10.0. The van der Waals surface area contributed by atoms with Gasteiger partial charge in [-0.3, -0.25) is 9.97 Å². The van der Waals surface area contributed by atoms with Gasteiger partial charge in [0.15, 0.2) is 0 Å². The Morgan fingerprint density at radius 2 is 0.699 bits per heavy atom. The largest absolute Gasteiger partial charge is 2.00 e. The Bertz CT molecular complexity index is 4010. The third-order valence-corrected chi connectivity index (χ3v) is 14.1. The van der Waals surface area contributed by atoms with E-state index in [1.165, 1.54) is 16.7 Å². The van der Waals surface area contributed by atoms with Gasteiger partial charge in [0.05, 0.1) is 85.2 Å². The molecular weight excluding hydrogens is 1080 g/mol. The van der Waals surface area contributed by atoms with Gasteiger partial charge in [0.25, 0.3) is 0 Å². The Morgan fingerprint density at radius 1 is 0.325 bits per heavy atom. The number of aryl methyl sites for hydroxylation is 3. The van der Waals surface area contributed by atoms with Gasteiger partial charge >= 0.3 is 19.5 Å². The fourth-order valence-corrected chi connectivity index (χ4v) is 10.0. The predicted octanol–water partition coefficient (Wildman–Crippen LogP) is 14.5. The van der Waals surface area contributed by atoms with Crippen molar-refractivity contribution in [2.24, 2.45) is 0 Å². The minimum atomic E-state index is 0. The fraction of sp³-hybridized carbons (Fsp3) is 0.157. The summed E-state index contributed by atoms with van der Waals surface area (Å²) in [5.41, 5.74) is 20.6. The van der Waals surface area contributed by atoms with Crippen LogP contribution in [0.15, 0.2) is 182 Å². The van der Waals surface area contributed by atoms with Gasteiger partial charge in [-0.25, -0.2) is 15.0 Å². The van der Waals surface area contributed by atoms with E-state index in [2.05, 4.69) is 158 Å². The summed E-state index contributed by atoms with van der Waals surface area (Å²) < 4.78 is 30.0. The molecule has 12 rings (SSSR count). The number of pyridine rings is 3. The maximum Gasteiger partial charge on any atom is 2.00 e. The van der Waals surface area contributed by atoms with Gasteiger partial charge in [0.2, 0.25) is 0 Å². The maximum absolute atomic E-state index is 6.34. The summed E-state index contributed by atoms with van der Waals surface area (Å²) in [6.07, 6.45) is 11.9. The van der Waals surface area contributed by atoms with Crippen LogP contribution in [0.25, 0.3) is 114 Å². The van der Waals surface area contributed by atoms with Crippen LogP contribution < -0.4 is 19.4 Å². The summed E-state index contributed by atoms with van der Waals surface area (Å²) in [5, 5.41) is 0. The number of rotatable bonds is 20. The SMILES string of the molecule is Cc1ccc(-c2c3nc(c(-c4ccc(C)cc4)c4ccc([n-]4)c(-c4cccc(OCCOCCOCCOCCOc5cc(-c6ccccn6)nc(-c6ccccn6)c5)c4)c4nc(c(-c5ccc(C)cc5)c5ccc2[n-]5)C=C4)C=C3)cc1.[Zn+2]. The number of nitrogens with zero attached hydrogens (tertiary/aromatic N) is 7. The Morgan fingerprint density at radius 3 is 1.08 bits per heavy atom. The van der Waals surface area contributed by atoms with Gasteiger partial charge in [0.1, 0.15) is 24.7 Å². The zero-order chi connectivity index (χ0) is 55.6. The van der Waals surface area contributed by atoms with Gasteiger partial charge in [-0.15, -0.1) is 22.1 Å². The summed E-state index contributed by atoms with van der Waals surface area (Å²) in [4.78, 5) is 35.5. The Kier molecular flexibility index (Phi) is 17.7. The minimum absolute atomic E-state index is 0. The standard InChI is InChI=1S/C70H59N7O5.Zn/c1-46-13-19-49(20-14-46)67-57-25-27-59(73-57)68(50-21-15-47(2)16-22-50)61-29-31-63(75-61)70(64-32-30-62(76-64)69(60-28-26-58(67)74-60)51-23-17-48(3)18-24-51)52-9-8-10-53(43-52)81-41-39-79-37-35-78-36-38-80-40-42-82-54-44-65(55-11-4-6-33-71-55)77-66(45-54)56-12-5-7-34-72-56;/h4-34,43-45H,35-42H2,1-3H3;/q-2;+2. The summed E-state index contributed by atoms with van der Waals surface area (Å²) in [5.74, 6) is 1.36. The van der Waals surface area contributed by atoms with Crippen molar-refractivity contribution in [3.8, 4) is 78.8 Å². The summed E-state index contributed by atoms with van der Waals surface area (Å²) >= 11 is 0. The molecular formula is C70H59N7O5Zn. The van der Waals surface area contributed by atoms with E-state index in [9.17, 15) is 0 Å². The van der Waals surface area contributed by atoms with Crippen LogP contribution in [-0.2, 0) is 33.7 Å². The van der Waals surface area contributed by atoms with E-state index < -0.39 is 0 Å². The first kappa shape index (κ1) is 55.9. The average Bonchev–Trinajstić information content (AvgIpc) is 4.51. The van der Waals surface area contributed by atoms with Crippen molar-refractivity contribution in [2.45, 2.75) is 20.8 Å². The molecule has 8 heterocycles. The molecule has 0 saturated carbocycles. The van der Waals surface area contributed by atoms with Crippen molar-refractivity contribution in [3.63, 3.8) is 0 Å². The first-order chi connectivity index (χ1) is 40.4. The Hall–Kier alpha value is -8.97. The van der Waals surface area contributed by atoms with E-state index in [-0.39, 0.29) is 19.5 Å². The van der Waals surface area contributed by atoms with Crippen molar-refractivity contribution < 1.29 is 43.2 Å². The molecule has 0 atom stereocenters. The van der Waals surface area contributed by atoms with Crippen LogP contribution >= 0.6 is 0 Å². The first-order valence-corrected chi connectivity index (χ1v) is 27.6. The molecule has 0 unspecified atom stereocenters. The number of aromatic nitrogens is 7. The van der Waals surface area contributed by atoms with Crippen LogP contribution in [0.4, 0.5) is 0 Å². The van der Waals surface area contributed by atoms with Crippen molar-refractivity contribution >= 4 is 46.4 Å². The molecule has 0 aliphatic carbocycles. The molecule has 12 nitrogen and oxygen atoms in total. The quantitative estimate of drug-likeness (QED) is 0.0530. The molecule has 0 spiro atoms. The molecule has 0 saturated heterocycles. The molecule has 406 valence electrons. The van der Waals surface area contributed by atoms with Crippen LogP contribution in [0.5, 0.6) is 11.5 Å². The van der Waals surface area contributed by atoms with Crippen LogP contribution in [-0.4, -0.2) is 77.8 Å². The van der Waals surface area contributed by atoms with Gasteiger partial charge in [-0.05, 0) is 126 Å². The van der Waals surface area contributed by atoms with Gasteiger partial charge in [-0.2, -0.15) is 0 Å². The number of fused-ring (bicyclic) bond motifs is 8. The molecule has 4 aromatic carbocycles. The van der Waals surface area contributed by atoms with E-state index in [4.69, 9.17) is 48.6 Å². The molecule has 2 aliphatic rings. The van der Waals surface area contributed by atoms with Crippen molar-refractivity contribution in [3.05, 3.63) is 222 Å². The number of hydrogen-bond acceptors (Lipinski definition) is 10. The Labute approximate surface area is 495 Å². The second-order valence-corrected chi connectivity index (χ2v) is 20.0. The topological polar surface area (TPSA) is 139 Å². The summed E-state index contributed by atoms with van der Waals surface area (Å²) in [6, 6.07) is 57.4. The van der Waals surface area contributed by atoms with E-state index in [0.29, 0.717) is 75.7 Å². The second kappa shape index (κ2) is 26.3. The molecule has 0 amide bonds. The van der Waals surface area contributed by atoms with E-state index in [0.717, 1.165) is 101 Å². The molecule has 2 aliphatic heterocycles. The normalized spacial score (nSPS) is 11.7. The van der Waals surface area contributed by atoms with Crippen molar-refractivity contribution in [1.29, 1.82) is 0 Å². The predicted molar refractivity (Wildman–Crippen MR) is 327 cm³/mol. The number of benzene rings is 4. The monoisotopic (exact) mass is 1140 g/mol. The summed E-state index contributed by atoms with van der Waals surface area (Å²) in [6.45, 7) is 9.47. The molecule has 10 aromatic rings. The molecule has 0 radical (unpaired) electrons. The van der Waals surface area contributed by atoms with Crippen LogP contribution in [0.1, 0.15) is 39.5 Å². The number of ether oxygens (including phenoxy) is 5. The zero-order valence-corrected chi connectivity index (χ0v) is 49.6. The first-order valence-electron chi connectivity index (χ1n) is 27.6. The van der Waals surface area contributed by atoms with E-state index >= 15 is 0 Å². The second-order valence-electron chi connectivity index (χ2n) is 20.0. The number of hydrogen-bond donors (Lipinski definition) is 0. The molecule has 0 fully saturated rings. The molecule has 6 aromatic heterocycles. The van der Waals surface area contributed by atoms with Crippen LogP contribution in [0.2, 0.25) is 0 Å². The van der Waals surface area contributed by atoms with Gasteiger partial charge < -0.3 is 33.7 Å². The Balaban J connectivity index is 0.00000721. The third kappa shape index (κ3) is 13.2. The smallest absolute Gasteiger partial charge is 0.657 e. The van der Waals surface area contributed by atoms with Crippen LogP contribution in [0, 0.1) is 20.8 Å².